The lowest BCUT2D eigenvalue weighted by atomic mass is 9.73. The molecule has 3 atom stereocenters. The number of nitro groups is 1. The minimum atomic E-state index is -1.34. The first kappa shape index (κ1) is 21.1. The molecule has 0 saturated heterocycles. The van der Waals surface area contributed by atoms with Gasteiger partial charge >= 0.3 is 0 Å². The number of phenols is 1. The first-order valence-corrected chi connectivity index (χ1v) is 9.29. The van der Waals surface area contributed by atoms with E-state index in [-0.39, 0.29) is 34.4 Å². The van der Waals surface area contributed by atoms with Crippen LogP contribution < -0.4 is 0 Å². The van der Waals surface area contributed by atoms with E-state index in [4.69, 9.17) is 4.74 Å². The molecule has 1 aromatic carbocycles. The number of benzene rings is 1. The fraction of sp³-hybridized carbons (Fsp3) is 0.524. The maximum Gasteiger partial charge on any atom is 0.277 e. The average Bonchev–Trinajstić information content (AvgIpc) is 2.60. The summed E-state index contributed by atoms with van der Waals surface area (Å²) in [6.45, 7) is 9.88. The molecule has 0 saturated carbocycles. The molecular formula is C21H29NO5. The van der Waals surface area contributed by atoms with Crippen LogP contribution in [0.1, 0.15) is 68.9 Å². The molecule has 2 unspecified atom stereocenters. The zero-order valence-corrected chi connectivity index (χ0v) is 16.5. The zero-order chi connectivity index (χ0) is 20.3. The van der Waals surface area contributed by atoms with Crippen LogP contribution in [0.5, 0.6) is 5.75 Å². The Balaban J connectivity index is 2.82. The van der Waals surface area contributed by atoms with Gasteiger partial charge < -0.3 is 14.9 Å². The number of aliphatic hydroxyl groups is 1. The molecule has 27 heavy (non-hydrogen) atoms. The number of hydrogen-bond donors (Lipinski definition) is 2. The highest BCUT2D eigenvalue weighted by Gasteiger charge is 2.36. The van der Waals surface area contributed by atoms with E-state index < -0.39 is 11.2 Å². The summed E-state index contributed by atoms with van der Waals surface area (Å²) in [5.74, 6) is -0.623. The molecule has 0 aliphatic heterocycles. The summed E-state index contributed by atoms with van der Waals surface area (Å²) >= 11 is 0. The predicted molar refractivity (Wildman–Crippen MR) is 105 cm³/mol. The van der Waals surface area contributed by atoms with Crippen LogP contribution in [0.25, 0.3) is 0 Å². The highest BCUT2D eigenvalue weighted by atomic mass is 16.6. The van der Waals surface area contributed by atoms with Crippen LogP contribution in [0.4, 0.5) is 5.69 Å². The topological polar surface area (TPSA) is 92.8 Å². The maximum atomic E-state index is 11.8. The third-order valence-electron chi connectivity index (χ3n) is 5.34. The molecule has 6 nitrogen and oxygen atoms in total. The third kappa shape index (κ3) is 4.22. The average molecular weight is 375 g/mol. The van der Waals surface area contributed by atoms with Gasteiger partial charge in [0.2, 0.25) is 0 Å². The predicted octanol–water partition coefficient (Wildman–Crippen LogP) is 4.91. The number of allylic oxidation sites excluding steroid dienone is 3. The van der Waals surface area contributed by atoms with Gasteiger partial charge in [-0.05, 0) is 44.6 Å². The van der Waals surface area contributed by atoms with E-state index in [0.717, 1.165) is 30.4 Å². The summed E-state index contributed by atoms with van der Waals surface area (Å²) in [4.78, 5) is 11.4. The molecule has 148 valence electrons. The van der Waals surface area contributed by atoms with Crippen molar-refractivity contribution in [2.45, 2.75) is 58.7 Å². The van der Waals surface area contributed by atoms with E-state index in [0.29, 0.717) is 12.0 Å². The van der Waals surface area contributed by atoms with E-state index in [1.165, 1.54) is 13.2 Å². The number of hydrogen-bond acceptors (Lipinski definition) is 5. The number of aromatic hydroxyl groups is 1. The van der Waals surface area contributed by atoms with Crippen molar-refractivity contribution < 1.29 is 19.9 Å². The van der Waals surface area contributed by atoms with E-state index in [1.807, 2.05) is 26.8 Å². The van der Waals surface area contributed by atoms with Gasteiger partial charge in [-0.15, -0.1) is 0 Å². The Kier molecular flexibility index (Phi) is 6.78. The Hall–Kier alpha value is -2.18. The standard InChI is InChI=1S/C21H29NO5/c1-6-7-14-11-17(22(25)26)19(20(23)18(14)21(24)27-5)16-10-13(4)8-9-15(16)12(2)3/h10-11,15-16,21,23-24H,2,6-9H2,1,3-5H3/t15-,16?,21?/m1/s1. The number of phenolic OH excluding ortho intramolecular Hbond substituents is 1. The quantitative estimate of drug-likeness (QED) is 0.306. The Labute approximate surface area is 160 Å². The van der Waals surface area contributed by atoms with Crippen molar-refractivity contribution in [1.82, 2.24) is 0 Å². The molecule has 2 rings (SSSR count). The van der Waals surface area contributed by atoms with Gasteiger partial charge in [0.1, 0.15) is 5.75 Å². The number of methoxy groups -OCH3 is 1. The Morgan fingerprint density at radius 2 is 2.19 bits per heavy atom. The van der Waals surface area contributed by atoms with Crippen molar-refractivity contribution in [2.24, 2.45) is 5.92 Å². The van der Waals surface area contributed by atoms with Gasteiger partial charge in [0.15, 0.2) is 6.29 Å². The summed E-state index contributed by atoms with van der Waals surface area (Å²) in [5.41, 5.74) is 2.91. The van der Waals surface area contributed by atoms with Gasteiger partial charge in [-0.3, -0.25) is 10.1 Å². The molecule has 1 aliphatic rings. The van der Waals surface area contributed by atoms with Gasteiger partial charge in [-0.2, -0.15) is 0 Å². The summed E-state index contributed by atoms with van der Waals surface area (Å²) in [5, 5.41) is 33.2. The number of nitrogens with zero attached hydrogens (tertiary/aromatic N) is 1. The van der Waals surface area contributed by atoms with Crippen LogP contribution in [-0.2, 0) is 11.2 Å². The van der Waals surface area contributed by atoms with Gasteiger partial charge in [0.05, 0.1) is 16.1 Å². The van der Waals surface area contributed by atoms with Gasteiger partial charge in [-0.25, -0.2) is 0 Å². The molecule has 1 aromatic rings. The number of nitro benzene ring substituents is 1. The van der Waals surface area contributed by atoms with E-state index in [2.05, 4.69) is 6.58 Å². The highest BCUT2D eigenvalue weighted by molar-refractivity contribution is 5.61. The van der Waals surface area contributed by atoms with Crippen molar-refractivity contribution in [1.29, 1.82) is 0 Å². The molecule has 0 amide bonds. The Morgan fingerprint density at radius 1 is 1.52 bits per heavy atom. The second-order valence-electron chi connectivity index (χ2n) is 7.36. The van der Waals surface area contributed by atoms with E-state index in [1.54, 1.807) is 0 Å². The molecule has 0 fully saturated rings. The summed E-state index contributed by atoms with van der Waals surface area (Å²) in [6, 6.07) is 1.48. The third-order valence-corrected chi connectivity index (χ3v) is 5.34. The normalized spacial score (nSPS) is 20.9. The van der Waals surface area contributed by atoms with Crippen LogP contribution in [-0.4, -0.2) is 22.2 Å². The van der Waals surface area contributed by atoms with Crippen molar-refractivity contribution >= 4 is 5.69 Å². The van der Waals surface area contributed by atoms with E-state index >= 15 is 0 Å². The summed E-state index contributed by atoms with van der Waals surface area (Å²) in [6.07, 6.45) is 3.56. The number of rotatable bonds is 7. The van der Waals surface area contributed by atoms with Crippen molar-refractivity contribution in [2.75, 3.05) is 7.11 Å². The molecule has 0 spiro atoms. The lowest BCUT2D eigenvalue weighted by Crippen LogP contribution is -2.19. The first-order chi connectivity index (χ1) is 12.7. The van der Waals surface area contributed by atoms with Crippen LogP contribution >= 0.6 is 0 Å². The number of ether oxygens (including phenoxy) is 1. The van der Waals surface area contributed by atoms with Crippen LogP contribution in [0.2, 0.25) is 0 Å². The van der Waals surface area contributed by atoms with Crippen molar-refractivity contribution in [3.8, 4) is 5.75 Å². The van der Waals surface area contributed by atoms with Crippen molar-refractivity contribution in [3.05, 3.63) is 56.7 Å². The lowest BCUT2D eigenvalue weighted by Gasteiger charge is -2.31. The Bertz CT molecular complexity index is 768. The lowest BCUT2D eigenvalue weighted by molar-refractivity contribution is -0.385. The first-order valence-electron chi connectivity index (χ1n) is 9.29. The minimum absolute atomic E-state index is 0.0112. The molecule has 0 heterocycles. The molecule has 2 N–H and O–H groups in total. The molecular weight excluding hydrogens is 346 g/mol. The van der Waals surface area contributed by atoms with Crippen LogP contribution in [0.3, 0.4) is 0 Å². The largest absolute Gasteiger partial charge is 0.507 e. The highest BCUT2D eigenvalue weighted by Crippen LogP contribution is 2.49. The number of aliphatic hydroxyl groups excluding tert-OH is 1. The minimum Gasteiger partial charge on any atom is -0.507 e. The number of aryl methyl sites for hydroxylation is 1. The maximum absolute atomic E-state index is 11.8. The SMILES string of the molecule is C=C(C)[C@H]1CCC(C)=CC1c1c([N+](=O)[O-])cc(CCC)c(C(O)OC)c1O. The smallest absolute Gasteiger partial charge is 0.277 e. The monoisotopic (exact) mass is 375 g/mol. The van der Waals surface area contributed by atoms with Gasteiger partial charge in [0, 0.05) is 19.1 Å². The molecule has 0 bridgehead atoms. The van der Waals surface area contributed by atoms with Gasteiger partial charge in [0.25, 0.3) is 5.69 Å². The fourth-order valence-corrected chi connectivity index (χ4v) is 3.99. The fourth-order valence-electron chi connectivity index (χ4n) is 3.99. The summed E-state index contributed by atoms with van der Waals surface area (Å²) < 4.78 is 5.03. The van der Waals surface area contributed by atoms with Crippen molar-refractivity contribution in [3.63, 3.8) is 0 Å². The second-order valence-corrected chi connectivity index (χ2v) is 7.36. The van der Waals surface area contributed by atoms with E-state index in [9.17, 15) is 20.3 Å². The van der Waals surface area contributed by atoms with Crippen LogP contribution in [0.15, 0.2) is 29.9 Å². The molecule has 6 heteroatoms. The van der Waals surface area contributed by atoms with Crippen LogP contribution in [0, 0.1) is 16.0 Å². The zero-order valence-electron chi connectivity index (χ0n) is 16.5. The molecule has 0 aromatic heterocycles. The molecule has 1 aliphatic carbocycles. The molecule has 0 radical (unpaired) electrons. The Morgan fingerprint density at radius 3 is 2.70 bits per heavy atom. The second kappa shape index (κ2) is 8.67. The van der Waals surface area contributed by atoms with Gasteiger partial charge in [-0.1, -0.05) is 37.1 Å². The summed E-state index contributed by atoms with van der Waals surface area (Å²) in [7, 11) is 1.34.